The van der Waals surface area contributed by atoms with Gasteiger partial charge in [-0.3, -0.25) is 0 Å². The van der Waals surface area contributed by atoms with Crippen molar-refractivity contribution in [1.82, 2.24) is 9.97 Å². The van der Waals surface area contributed by atoms with E-state index < -0.39 is 11.7 Å². The van der Waals surface area contributed by atoms with Crippen LogP contribution in [0.3, 0.4) is 0 Å². The summed E-state index contributed by atoms with van der Waals surface area (Å²) in [5.41, 5.74) is 0.158. The lowest BCUT2D eigenvalue weighted by Gasteiger charge is -2.16. The Kier molecular flexibility index (Phi) is 6.31. The fourth-order valence-corrected chi connectivity index (χ4v) is 3.76. The molecule has 1 fully saturated rings. The van der Waals surface area contributed by atoms with Gasteiger partial charge in [-0.15, -0.1) is 0 Å². The minimum atomic E-state index is -4.60. The van der Waals surface area contributed by atoms with Gasteiger partial charge in [0.25, 0.3) is 0 Å². The molecule has 1 aliphatic rings. The van der Waals surface area contributed by atoms with E-state index >= 15 is 0 Å². The minimum absolute atomic E-state index is 0.0482. The Morgan fingerprint density at radius 2 is 1.68 bits per heavy atom. The van der Waals surface area contributed by atoms with Gasteiger partial charge in [-0.25, -0.2) is 4.98 Å². The van der Waals surface area contributed by atoms with Crippen molar-refractivity contribution < 1.29 is 17.9 Å². The normalized spacial score (nSPS) is 14.5. The lowest BCUT2D eigenvalue weighted by Crippen LogP contribution is -2.13. The van der Waals surface area contributed by atoms with Crippen molar-refractivity contribution in [1.29, 1.82) is 0 Å². The molecule has 0 radical (unpaired) electrons. The van der Waals surface area contributed by atoms with Crippen LogP contribution >= 0.6 is 15.9 Å². The van der Waals surface area contributed by atoms with Gasteiger partial charge in [0.2, 0.25) is 5.95 Å². The van der Waals surface area contributed by atoms with Gasteiger partial charge in [-0.1, -0.05) is 12.1 Å². The van der Waals surface area contributed by atoms with Gasteiger partial charge in [0.1, 0.15) is 17.1 Å². The van der Waals surface area contributed by atoms with Gasteiger partial charge in [0.15, 0.2) is 0 Å². The molecule has 0 amide bonds. The van der Waals surface area contributed by atoms with E-state index in [1.165, 1.54) is 12.8 Å². The van der Waals surface area contributed by atoms with Crippen LogP contribution in [0.2, 0.25) is 0 Å². The standard InChI is InChI=1S/C22H20BrF3N4O/c23-18-7-3-4-8-19(18)29-20-17(22(24,25)26)13-27-21(30-20)28-14-9-11-16(12-10-14)31-15-5-1-2-6-15/h3-4,7-13,15H,1-2,5-6H2,(H2,27,28,29,30). The quantitative estimate of drug-likeness (QED) is 0.385. The number of alkyl halides is 3. The number of anilines is 4. The number of benzene rings is 2. The summed E-state index contributed by atoms with van der Waals surface area (Å²) in [7, 11) is 0. The number of nitrogens with one attached hydrogen (secondary N) is 2. The zero-order chi connectivity index (χ0) is 21.8. The molecule has 0 bridgehead atoms. The maximum atomic E-state index is 13.5. The van der Waals surface area contributed by atoms with Gasteiger partial charge in [0, 0.05) is 16.4 Å². The number of hydrogen-bond acceptors (Lipinski definition) is 5. The van der Waals surface area contributed by atoms with Gasteiger partial charge in [-0.05, 0) is 78.0 Å². The summed E-state index contributed by atoms with van der Waals surface area (Å²) in [4.78, 5) is 7.92. The molecule has 1 aromatic heterocycles. The smallest absolute Gasteiger partial charge is 0.421 e. The molecule has 0 atom stereocenters. The van der Waals surface area contributed by atoms with Crippen molar-refractivity contribution in [2.45, 2.75) is 38.0 Å². The summed E-state index contributed by atoms with van der Waals surface area (Å²) in [6.07, 6.45) is 0.923. The largest absolute Gasteiger partial charge is 0.490 e. The number of ether oxygens (including phenoxy) is 1. The molecule has 3 aromatic rings. The fourth-order valence-electron chi connectivity index (χ4n) is 3.38. The summed E-state index contributed by atoms with van der Waals surface area (Å²) in [5.74, 6) is 0.479. The average Bonchev–Trinajstić information content (AvgIpc) is 3.24. The van der Waals surface area contributed by atoms with Crippen molar-refractivity contribution in [2.75, 3.05) is 10.6 Å². The Bertz CT molecular complexity index is 1040. The molecule has 0 unspecified atom stereocenters. The second-order valence-electron chi connectivity index (χ2n) is 7.23. The monoisotopic (exact) mass is 492 g/mol. The molecule has 1 saturated carbocycles. The van der Waals surface area contributed by atoms with E-state index in [1.54, 1.807) is 36.4 Å². The van der Waals surface area contributed by atoms with Gasteiger partial charge in [-0.2, -0.15) is 18.2 Å². The molecule has 2 N–H and O–H groups in total. The second-order valence-corrected chi connectivity index (χ2v) is 8.09. The molecule has 1 heterocycles. The summed E-state index contributed by atoms with van der Waals surface area (Å²) in [6.45, 7) is 0. The molecule has 162 valence electrons. The zero-order valence-corrected chi connectivity index (χ0v) is 18.0. The molecule has 0 saturated heterocycles. The van der Waals surface area contributed by atoms with Crippen LogP contribution in [0.1, 0.15) is 31.2 Å². The van der Waals surface area contributed by atoms with E-state index in [-0.39, 0.29) is 17.9 Å². The highest BCUT2D eigenvalue weighted by Crippen LogP contribution is 2.36. The highest BCUT2D eigenvalue weighted by molar-refractivity contribution is 9.10. The third kappa shape index (κ3) is 5.46. The third-order valence-electron chi connectivity index (χ3n) is 4.94. The number of aromatic nitrogens is 2. The van der Waals surface area contributed by atoms with Crippen LogP contribution in [0.15, 0.2) is 59.2 Å². The molecule has 0 spiro atoms. The number of rotatable bonds is 6. The van der Waals surface area contributed by atoms with E-state index in [9.17, 15) is 13.2 Å². The molecule has 1 aliphatic carbocycles. The van der Waals surface area contributed by atoms with Crippen LogP contribution < -0.4 is 15.4 Å². The first kappa shape index (κ1) is 21.4. The topological polar surface area (TPSA) is 59.1 Å². The van der Waals surface area contributed by atoms with E-state index in [0.717, 1.165) is 24.8 Å². The van der Waals surface area contributed by atoms with Crippen molar-refractivity contribution >= 4 is 39.1 Å². The average molecular weight is 493 g/mol. The molecule has 0 aliphatic heterocycles. The first-order valence-corrected chi connectivity index (χ1v) is 10.7. The molecule has 31 heavy (non-hydrogen) atoms. The molecule has 2 aromatic carbocycles. The fraction of sp³-hybridized carbons (Fsp3) is 0.273. The van der Waals surface area contributed by atoms with E-state index in [2.05, 4.69) is 36.5 Å². The molecular weight excluding hydrogens is 473 g/mol. The molecule has 4 rings (SSSR count). The summed E-state index contributed by atoms with van der Waals surface area (Å²) in [6, 6.07) is 14.1. The zero-order valence-electron chi connectivity index (χ0n) is 16.4. The van der Waals surface area contributed by atoms with Crippen LogP contribution in [-0.2, 0) is 6.18 Å². The van der Waals surface area contributed by atoms with Crippen LogP contribution in [0.5, 0.6) is 5.75 Å². The Morgan fingerprint density at radius 1 is 0.968 bits per heavy atom. The number of para-hydroxylation sites is 1. The summed E-state index contributed by atoms with van der Waals surface area (Å²) >= 11 is 3.32. The Morgan fingerprint density at radius 3 is 2.35 bits per heavy atom. The summed E-state index contributed by atoms with van der Waals surface area (Å²) < 4.78 is 46.9. The van der Waals surface area contributed by atoms with E-state index in [1.807, 2.05) is 12.1 Å². The highest BCUT2D eigenvalue weighted by atomic mass is 79.9. The van der Waals surface area contributed by atoms with Crippen molar-refractivity contribution in [2.24, 2.45) is 0 Å². The Labute approximate surface area is 186 Å². The van der Waals surface area contributed by atoms with Gasteiger partial charge < -0.3 is 15.4 Å². The van der Waals surface area contributed by atoms with Crippen LogP contribution in [0.25, 0.3) is 0 Å². The van der Waals surface area contributed by atoms with Crippen LogP contribution in [0.4, 0.5) is 36.3 Å². The van der Waals surface area contributed by atoms with Crippen LogP contribution in [-0.4, -0.2) is 16.1 Å². The van der Waals surface area contributed by atoms with Crippen LogP contribution in [0, 0.1) is 0 Å². The first-order chi connectivity index (χ1) is 14.9. The molecule has 5 nitrogen and oxygen atoms in total. The SMILES string of the molecule is FC(F)(F)c1cnc(Nc2ccc(OC3CCCC3)cc2)nc1Nc1ccccc1Br. The van der Waals surface area contributed by atoms with Gasteiger partial charge >= 0.3 is 6.18 Å². The van der Waals surface area contributed by atoms with E-state index in [4.69, 9.17) is 4.74 Å². The molecular formula is C22H20BrF3N4O. The summed E-state index contributed by atoms with van der Waals surface area (Å²) in [5, 5.41) is 5.69. The number of nitrogens with zero attached hydrogens (tertiary/aromatic N) is 2. The lowest BCUT2D eigenvalue weighted by molar-refractivity contribution is -0.137. The van der Waals surface area contributed by atoms with Crippen molar-refractivity contribution in [3.8, 4) is 5.75 Å². The van der Waals surface area contributed by atoms with Crippen molar-refractivity contribution in [3.05, 3.63) is 64.8 Å². The molecule has 9 heteroatoms. The first-order valence-electron chi connectivity index (χ1n) is 9.88. The predicted molar refractivity (Wildman–Crippen MR) is 117 cm³/mol. The minimum Gasteiger partial charge on any atom is -0.490 e. The third-order valence-corrected chi connectivity index (χ3v) is 5.63. The van der Waals surface area contributed by atoms with E-state index in [0.29, 0.717) is 15.8 Å². The Hall–Kier alpha value is -2.81. The Balaban J connectivity index is 1.53. The predicted octanol–water partition coefficient (Wildman–Crippen LogP) is 7.07. The maximum Gasteiger partial charge on any atom is 0.421 e. The number of hydrogen-bond donors (Lipinski definition) is 2. The number of halogens is 4. The second kappa shape index (κ2) is 9.13. The highest BCUT2D eigenvalue weighted by Gasteiger charge is 2.35. The lowest BCUT2D eigenvalue weighted by atomic mass is 10.2. The van der Waals surface area contributed by atoms with Gasteiger partial charge in [0.05, 0.1) is 11.8 Å². The van der Waals surface area contributed by atoms with Crippen molar-refractivity contribution in [3.63, 3.8) is 0 Å². The maximum absolute atomic E-state index is 13.5.